The van der Waals surface area contributed by atoms with Gasteiger partial charge >= 0.3 is 5.69 Å². The topological polar surface area (TPSA) is 84.1 Å². The maximum atomic E-state index is 12.6. The minimum absolute atomic E-state index is 0.0353. The number of aromatic nitrogens is 2. The number of para-hydroxylation sites is 2. The number of rotatable bonds is 2. The van der Waals surface area contributed by atoms with Gasteiger partial charge in [-0.1, -0.05) is 26.0 Å². The van der Waals surface area contributed by atoms with Crippen LogP contribution >= 0.6 is 0 Å². The standard InChI is InChI=1S/C16H22N4O2/c1-16(2)10-19(8-7-13(16)17)14(21)9-20-12-6-4-3-5-11(12)18-15(20)22/h3-6,13H,7-10,17H2,1-2H3,(H,18,22). The van der Waals surface area contributed by atoms with E-state index >= 15 is 0 Å². The number of hydrogen-bond donors (Lipinski definition) is 2. The Morgan fingerprint density at radius 3 is 2.86 bits per heavy atom. The SMILES string of the molecule is CC1(C)CN(C(=O)Cn2c(=O)[nH]c3ccccc32)CCC1N. The van der Waals surface area contributed by atoms with Gasteiger partial charge in [0.25, 0.3) is 0 Å². The minimum Gasteiger partial charge on any atom is -0.340 e. The van der Waals surface area contributed by atoms with Crippen molar-refractivity contribution in [2.45, 2.75) is 32.9 Å². The highest BCUT2D eigenvalue weighted by atomic mass is 16.2. The van der Waals surface area contributed by atoms with Crippen molar-refractivity contribution in [2.75, 3.05) is 13.1 Å². The molecule has 1 saturated heterocycles. The third-order valence-electron chi connectivity index (χ3n) is 4.64. The van der Waals surface area contributed by atoms with Gasteiger partial charge in [0, 0.05) is 19.1 Å². The molecule has 118 valence electrons. The fourth-order valence-electron chi connectivity index (χ4n) is 3.09. The first-order valence-electron chi connectivity index (χ1n) is 7.59. The molecule has 3 N–H and O–H groups in total. The van der Waals surface area contributed by atoms with Crippen LogP contribution in [0, 0.1) is 5.41 Å². The minimum atomic E-state index is -0.248. The second-order valence-electron chi connectivity index (χ2n) is 6.73. The van der Waals surface area contributed by atoms with E-state index in [2.05, 4.69) is 18.8 Å². The van der Waals surface area contributed by atoms with Crippen LogP contribution in [-0.2, 0) is 11.3 Å². The number of carbonyl (C=O) groups is 1. The van der Waals surface area contributed by atoms with Crippen molar-refractivity contribution in [1.29, 1.82) is 0 Å². The molecule has 2 aromatic rings. The molecule has 0 saturated carbocycles. The molecule has 1 aliphatic heterocycles. The summed E-state index contributed by atoms with van der Waals surface area (Å²) in [7, 11) is 0. The third-order valence-corrected chi connectivity index (χ3v) is 4.64. The molecule has 1 fully saturated rings. The number of carbonyl (C=O) groups excluding carboxylic acids is 1. The van der Waals surface area contributed by atoms with Crippen LogP contribution in [0.1, 0.15) is 20.3 Å². The lowest BCUT2D eigenvalue weighted by Gasteiger charge is -2.42. The van der Waals surface area contributed by atoms with Crippen molar-refractivity contribution in [3.63, 3.8) is 0 Å². The summed E-state index contributed by atoms with van der Waals surface area (Å²) in [6.45, 7) is 5.50. The van der Waals surface area contributed by atoms with Gasteiger partial charge in [0.1, 0.15) is 6.54 Å². The Morgan fingerprint density at radius 1 is 1.41 bits per heavy atom. The molecule has 1 aromatic carbocycles. The highest BCUT2D eigenvalue weighted by molar-refractivity contribution is 5.80. The molecular formula is C16H22N4O2. The molecule has 2 heterocycles. The maximum absolute atomic E-state index is 12.6. The number of amides is 1. The normalized spacial score (nSPS) is 21.2. The Hall–Kier alpha value is -2.08. The number of hydrogen-bond acceptors (Lipinski definition) is 3. The lowest BCUT2D eigenvalue weighted by Crippen LogP contribution is -2.54. The van der Waals surface area contributed by atoms with Gasteiger partial charge in [-0.25, -0.2) is 4.79 Å². The lowest BCUT2D eigenvalue weighted by molar-refractivity contribution is -0.135. The molecule has 0 bridgehead atoms. The van der Waals surface area contributed by atoms with E-state index in [-0.39, 0.29) is 29.6 Å². The Labute approximate surface area is 128 Å². The Bertz CT molecular complexity index is 759. The van der Waals surface area contributed by atoms with Crippen molar-refractivity contribution in [2.24, 2.45) is 11.1 Å². The number of aromatic amines is 1. The lowest BCUT2D eigenvalue weighted by atomic mass is 9.79. The molecule has 1 unspecified atom stereocenters. The molecule has 0 spiro atoms. The molecule has 6 nitrogen and oxygen atoms in total. The van der Waals surface area contributed by atoms with Crippen LogP contribution in [-0.4, -0.2) is 39.5 Å². The second kappa shape index (κ2) is 5.28. The number of nitrogens with one attached hydrogen (secondary N) is 1. The molecular weight excluding hydrogens is 280 g/mol. The van der Waals surface area contributed by atoms with Crippen LogP contribution in [0.5, 0.6) is 0 Å². The van der Waals surface area contributed by atoms with Gasteiger partial charge in [-0.2, -0.15) is 0 Å². The summed E-state index contributed by atoms with van der Waals surface area (Å²) in [6, 6.07) is 7.50. The summed E-state index contributed by atoms with van der Waals surface area (Å²) >= 11 is 0. The first-order chi connectivity index (χ1) is 10.4. The summed E-state index contributed by atoms with van der Waals surface area (Å²) in [6.07, 6.45) is 0.793. The Kier molecular flexibility index (Phi) is 3.56. The average Bonchev–Trinajstić information content (AvgIpc) is 2.78. The zero-order chi connectivity index (χ0) is 15.9. The molecule has 1 amide bonds. The predicted molar refractivity (Wildman–Crippen MR) is 85.5 cm³/mol. The Balaban J connectivity index is 1.82. The first kappa shape index (κ1) is 14.8. The van der Waals surface area contributed by atoms with E-state index in [4.69, 9.17) is 5.73 Å². The predicted octanol–water partition coefficient (Wildman–Crippen LogP) is 0.915. The summed E-state index contributed by atoms with van der Waals surface area (Å²) in [5.74, 6) is -0.0353. The van der Waals surface area contributed by atoms with Crippen LogP contribution in [0.15, 0.2) is 29.1 Å². The molecule has 22 heavy (non-hydrogen) atoms. The van der Waals surface area contributed by atoms with E-state index in [9.17, 15) is 9.59 Å². The fourth-order valence-corrected chi connectivity index (χ4v) is 3.09. The number of fused-ring (bicyclic) bond motifs is 1. The number of piperidine rings is 1. The zero-order valence-corrected chi connectivity index (χ0v) is 13.0. The molecule has 0 radical (unpaired) electrons. The number of imidazole rings is 1. The van der Waals surface area contributed by atoms with Crippen molar-refractivity contribution in [3.05, 3.63) is 34.7 Å². The third kappa shape index (κ3) is 2.54. The monoisotopic (exact) mass is 302 g/mol. The highest BCUT2D eigenvalue weighted by Gasteiger charge is 2.35. The van der Waals surface area contributed by atoms with Gasteiger partial charge in [0.05, 0.1) is 11.0 Å². The largest absolute Gasteiger partial charge is 0.340 e. The van der Waals surface area contributed by atoms with Crippen LogP contribution < -0.4 is 11.4 Å². The molecule has 1 aromatic heterocycles. The average molecular weight is 302 g/mol. The number of H-pyrrole nitrogens is 1. The molecule has 3 rings (SSSR count). The fraction of sp³-hybridized carbons (Fsp3) is 0.500. The van der Waals surface area contributed by atoms with Gasteiger partial charge in [0.15, 0.2) is 0 Å². The van der Waals surface area contributed by atoms with Gasteiger partial charge < -0.3 is 15.6 Å². The molecule has 1 atom stereocenters. The van der Waals surface area contributed by atoms with E-state index < -0.39 is 0 Å². The van der Waals surface area contributed by atoms with E-state index in [1.807, 2.05) is 29.2 Å². The summed E-state index contributed by atoms with van der Waals surface area (Å²) in [5, 5.41) is 0. The van der Waals surface area contributed by atoms with Crippen LogP contribution in [0.3, 0.4) is 0 Å². The summed E-state index contributed by atoms with van der Waals surface area (Å²) in [4.78, 5) is 29.2. The highest BCUT2D eigenvalue weighted by Crippen LogP contribution is 2.27. The van der Waals surface area contributed by atoms with Crippen molar-refractivity contribution < 1.29 is 4.79 Å². The van der Waals surface area contributed by atoms with Gasteiger partial charge in [-0.3, -0.25) is 9.36 Å². The Morgan fingerprint density at radius 2 is 2.14 bits per heavy atom. The second-order valence-corrected chi connectivity index (χ2v) is 6.73. The smallest absolute Gasteiger partial charge is 0.326 e. The quantitative estimate of drug-likeness (QED) is 0.865. The van der Waals surface area contributed by atoms with Gasteiger partial charge in [-0.05, 0) is 24.0 Å². The zero-order valence-electron chi connectivity index (χ0n) is 13.0. The van der Waals surface area contributed by atoms with Gasteiger partial charge in [-0.15, -0.1) is 0 Å². The van der Waals surface area contributed by atoms with Crippen molar-refractivity contribution in [3.8, 4) is 0 Å². The van der Waals surface area contributed by atoms with E-state index in [0.717, 1.165) is 17.5 Å². The summed E-state index contributed by atoms with van der Waals surface area (Å²) in [5.41, 5.74) is 7.27. The maximum Gasteiger partial charge on any atom is 0.326 e. The van der Waals surface area contributed by atoms with E-state index in [1.54, 1.807) is 0 Å². The first-order valence-corrected chi connectivity index (χ1v) is 7.59. The van der Waals surface area contributed by atoms with Crippen LogP contribution in [0.2, 0.25) is 0 Å². The number of nitrogens with two attached hydrogens (primary N) is 1. The number of nitrogens with zero attached hydrogens (tertiary/aromatic N) is 2. The van der Waals surface area contributed by atoms with Crippen molar-refractivity contribution >= 4 is 16.9 Å². The van der Waals surface area contributed by atoms with Gasteiger partial charge in [0.2, 0.25) is 5.91 Å². The van der Waals surface area contributed by atoms with E-state index in [0.29, 0.717) is 13.1 Å². The number of benzene rings is 1. The van der Waals surface area contributed by atoms with Crippen molar-refractivity contribution in [1.82, 2.24) is 14.5 Å². The molecule has 1 aliphatic rings. The number of likely N-dealkylation sites (tertiary alicyclic amines) is 1. The summed E-state index contributed by atoms with van der Waals surface area (Å²) < 4.78 is 1.50. The van der Waals surface area contributed by atoms with Crippen LogP contribution in [0.25, 0.3) is 11.0 Å². The van der Waals surface area contributed by atoms with Crippen LogP contribution in [0.4, 0.5) is 0 Å². The molecule has 0 aliphatic carbocycles. The molecule has 6 heteroatoms. The van der Waals surface area contributed by atoms with E-state index in [1.165, 1.54) is 4.57 Å².